The number of hydrogen-bond acceptors (Lipinski definition) is 4. The maximum absolute atomic E-state index is 12.0. The number of esters is 1. The van der Waals surface area contributed by atoms with Gasteiger partial charge in [0.1, 0.15) is 0 Å². The van der Waals surface area contributed by atoms with Gasteiger partial charge in [-0.15, -0.1) is 0 Å². The number of hydrogen-bond donors (Lipinski definition) is 2. The van der Waals surface area contributed by atoms with E-state index >= 15 is 0 Å². The molecular formula is C18H19BrN2O3. The fraction of sp³-hybridized carbons (Fsp3) is 0.222. The number of rotatable bonds is 6. The molecule has 2 aromatic rings. The molecule has 5 nitrogen and oxygen atoms in total. The van der Waals surface area contributed by atoms with Crippen molar-refractivity contribution in [2.45, 2.75) is 13.3 Å². The molecule has 0 bridgehead atoms. The summed E-state index contributed by atoms with van der Waals surface area (Å²) in [6.45, 7) is 2.39. The SMILES string of the molecule is COC(=O)c1ccccc1NCCC(=O)Nc1ccc(C)c(Br)c1. The van der Waals surface area contributed by atoms with Crippen molar-refractivity contribution in [1.29, 1.82) is 0 Å². The summed E-state index contributed by atoms with van der Waals surface area (Å²) in [5, 5.41) is 5.94. The minimum atomic E-state index is -0.410. The van der Waals surface area contributed by atoms with Crippen LogP contribution in [0.4, 0.5) is 11.4 Å². The van der Waals surface area contributed by atoms with Gasteiger partial charge in [0.15, 0.2) is 0 Å². The van der Waals surface area contributed by atoms with Gasteiger partial charge in [0.2, 0.25) is 5.91 Å². The highest BCUT2D eigenvalue weighted by Crippen LogP contribution is 2.21. The molecule has 0 aliphatic rings. The number of aryl methyl sites for hydroxylation is 1. The van der Waals surface area contributed by atoms with Gasteiger partial charge in [-0.1, -0.05) is 34.1 Å². The molecule has 2 aromatic carbocycles. The predicted octanol–water partition coefficient (Wildman–Crippen LogP) is 3.98. The zero-order chi connectivity index (χ0) is 17.5. The number of nitrogens with one attached hydrogen (secondary N) is 2. The van der Waals surface area contributed by atoms with Gasteiger partial charge in [-0.2, -0.15) is 0 Å². The lowest BCUT2D eigenvalue weighted by molar-refractivity contribution is -0.115. The Bertz CT molecular complexity index is 747. The number of para-hydroxylation sites is 1. The molecule has 126 valence electrons. The molecule has 0 fully saturated rings. The normalized spacial score (nSPS) is 10.1. The van der Waals surface area contributed by atoms with Crippen LogP contribution >= 0.6 is 15.9 Å². The summed E-state index contributed by atoms with van der Waals surface area (Å²) in [6, 6.07) is 12.7. The summed E-state index contributed by atoms with van der Waals surface area (Å²) in [7, 11) is 1.34. The number of carbonyl (C=O) groups is 2. The molecule has 1 amide bonds. The fourth-order valence-electron chi connectivity index (χ4n) is 2.13. The molecule has 2 N–H and O–H groups in total. The van der Waals surface area contributed by atoms with Crippen LogP contribution in [0.2, 0.25) is 0 Å². The van der Waals surface area contributed by atoms with Crippen LogP contribution in [0.1, 0.15) is 22.3 Å². The lowest BCUT2D eigenvalue weighted by Crippen LogP contribution is -2.17. The van der Waals surface area contributed by atoms with Crippen LogP contribution in [0.3, 0.4) is 0 Å². The number of ether oxygens (including phenoxy) is 1. The van der Waals surface area contributed by atoms with Crippen molar-refractivity contribution >= 4 is 39.2 Å². The molecule has 0 aromatic heterocycles. The Morgan fingerprint density at radius 2 is 1.92 bits per heavy atom. The van der Waals surface area contributed by atoms with Crippen molar-refractivity contribution in [3.05, 3.63) is 58.1 Å². The monoisotopic (exact) mass is 390 g/mol. The third-order valence-corrected chi connectivity index (χ3v) is 4.31. The van der Waals surface area contributed by atoms with Crippen molar-refractivity contribution < 1.29 is 14.3 Å². The minimum Gasteiger partial charge on any atom is -0.465 e. The Morgan fingerprint density at radius 3 is 2.62 bits per heavy atom. The van der Waals surface area contributed by atoms with Crippen molar-refractivity contribution in [3.8, 4) is 0 Å². The summed E-state index contributed by atoms with van der Waals surface area (Å²) < 4.78 is 5.69. The van der Waals surface area contributed by atoms with Crippen molar-refractivity contribution in [2.75, 3.05) is 24.3 Å². The Hall–Kier alpha value is -2.34. The standard InChI is InChI=1S/C18H19BrN2O3/c1-12-7-8-13(11-15(12)19)21-17(22)9-10-20-16-6-4-3-5-14(16)18(23)24-2/h3-8,11,20H,9-10H2,1-2H3,(H,21,22). The molecule has 0 aliphatic carbocycles. The van der Waals surface area contributed by atoms with Crippen LogP contribution in [-0.2, 0) is 9.53 Å². The van der Waals surface area contributed by atoms with Crippen LogP contribution < -0.4 is 10.6 Å². The molecule has 0 heterocycles. The Balaban J connectivity index is 1.89. The van der Waals surface area contributed by atoms with Gasteiger partial charge in [-0.3, -0.25) is 4.79 Å². The number of carbonyl (C=O) groups excluding carboxylic acids is 2. The topological polar surface area (TPSA) is 67.4 Å². The van der Waals surface area contributed by atoms with E-state index in [1.54, 1.807) is 18.2 Å². The minimum absolute atomic E-state index is 0.103. The predicted molar refractivity (Wildman–Crippen MR) is 98.4 cm³/mol. The number of halogens is 1. The molecular weight excluding hydrogens is 372 g/mol. The van der Waals surface area contributed by atoms with E-state index in [1.807, 2.05) is 31.2 Å². The van der Waals surface area contributed by atoms with Crippen LogP contribution in [0.25, 0.3) is 0 Å². The van der Waals surface area contributed by atoms with Crippen molar-refractivity contribution in [3.63, 3.8) is 0 Å². The summed E-state index contributed by atoms with van der Waals surface area (Å²) in [5.74, 6) is -0.513. The first-order valence-electron chi connectivity index (χ1n) is 7.48. The maximum atomic E-state index is 12.0. The molecule has 24 heavy (non-hydrogen) atoms. The van der Waals surface area contributed by atoms with Crippen molar-refractivity contribution in [1.82, 2.24) is 0 Å². The quantitative estimate of drug-likeness (QED) is 0.731. The summed E-state index contributed by atoms with van der Waals surface area (Å²) in [5.41, 5.74) is 2.94. The highest BCUT2D eigenvalue weighted by Gasteiger charge is 2.11. The maximum Gasteiger partial charge on any atom is 0.339 e. The summed E-state index contributed by atoms with van der Waals surface area (Å²) in [4.78, 5) is 23.7. The van der Waals surface area contributed by atoms with E-state index in [0.29, 0.717) is 17.8 Å². The molecule has 0 saturated heterocycles. The molecule has 2 rings (SSSR count). The molecule has 0 radical (unpaired) electrons. The average molecular weight is 391 g/mol. The summed E-state index contributed by atoms with van der Waals surface area (Å²) in [6.07, 6.45) is 0.279. The van der Waals surface area contributed by atoms with Gasteiger partial charge >= 0.3 is 5.97 Å². The number of methoxy groups -OCH3 is 1. The Morgan fingerprint density at radius 1 is 1.17 bits per heavy atom. The van der Waals surface area contributed by atoms with E-state index in [9.17, 15) is 9.59 Å². The zero-order valence-electron chi connectivity index (χ0n) is 13.6. The average Bonchev–Trinajstić information content (AvgIpc) is 2.58. The van der Waals surface area contributed by atoms with Crippen LogP contribution in [-0.4, -0.2) is 25.5 Å². The molecule has 0 aliphatic heterocycles. The van der Waals surface area contributed by atoms with Gasteiger partial charge in [-0.05, 0) is 36.8 Å². The zero-order valence-corrected chi connectivity index (χ0v) is 15.1. The highest BCUT2D eigenvalue weighted by atomic mass is 79.9. The lowest BCUT2D eigenvalue weighted by Gasteiger charge is -2.11. The third kappa shape index (κ3) is 4.83. The van der Waals surface area contributed by atoms with Crippen LogP contribution in [0, 0.1) is 6.92 Å². The smallest absolute Gasteiger partial charge is 0.339 e. The Kier molecular flexibility index (Phi) is 6.37. The van der Waals surface area contributed by atoms with E-state index in [1.165, 1.54) is 7.11 Å². The summed E-state index contributed by atoms with van der Waals surface area (Å²) >= 11 is 3.44. The van der Waals surface area contributed by atoms with E-state index in [0.717, 1.165) is 15.7 Å². The van der Waals surface area contributed by atoms with Gasteiger partial charge in [-0.25, -0.2) is 4.79 Å². The lowest BCUT2D eigenvalue weighted by atomic mass is 10.1. The first-order valence-corrected chi connectivity index (χ1v) is 8.28. The van der Waals surface area contributed by atoms with Gasteiger partial charge < -0.3 is 15.4 Å². The first kappa shape index (κ1) is 18.0. The van der Waals surface area contributed by atoms with Gasteiger partial charge in [0.05, 0.1) is 12.7 Å². The highest BCUT2D eigenvalue weighted by molar-refractivity contribution is 9.10. The third-order valence-electron chi connectivity index (χ3n) is 3.46. The number of benzene rings is 2. The van der Waals surface area contributed by atoms with Gasteiger partial charge in [0, 0.05) is 28.8 Å². The van der Waals surface area contributed by atoms with Gasteiger partial charge in [0.25, 0.3) is 0 Å². The molecule has 6 heteroatoms. The first-order chi connectivity index (χ1) is 11.5. The van der Waals surface area contributed by atoms with Crippen molar-refractivity contribution in [2.24, 2.45) is 0 Å². The van der Waals surface area contributed by atoms with E-state index in [2.05, 4.69) is 26.6 Å². The largest absolute Gasteiger partial charge is 0.465 e. The second-order valence-corrected chi connectivity index (χ2v) is 6.08. The molecule has 0 atom stereocenters. The fourth-order valence-corrected chi connectivity index (χ4v) is 2.51. The molecule has 0 spiro atoms. The van der Waals surface area contributed by atoms with E-state index in [-0.39, 0.29) is 12.3 Å². The number of anilines is 2. The molecule has 0 saturated carbocycles. The number of amides is 1. The molecule has 0 unspecified atom stereocenters. The van der Waals surface area contributed by atoms with Crippen LogP contribution in [0.5, 0.6) is 0 Å². The van der Waals surface area contributed by atoms with Crippen LogP contribution in [0.15, 0.2) is 46.9 Å². The van der Waals surface area contributed by atoms with E-state index < -0.39 is 5.97 Å². The Labute approximate surface area is 149 Å². The second kappa shape index (κ2) is 8.49. The van der Waals surface area contributed by atoms with E-state index in [4.69, 9.17) is 4.74 Å². The second-order valence-electron chi connectivity index (χ2n) is 5.23.